The second-order valence-electron chi connectivity index (χ2n) is 3.79. The number of phenols is 1. The van der Waals surface area contributed by atoms with Gasteiger partial charge in [-0.1, -0.05) is 12.8 Å². The standard InChI is InChI=1S/C11H15NO/c12-11-6-5-9(13)7-10(11)8-3-1-2-4-8/h5-8,13H,1-4,12H2. The van der Waals surface area contributed by atoms with E-state index in [0.717, 1.165) is 11.3 Å². The molecule has 1 aliphatic rings. The zero-order chi connectivity index (χ0) is 9.26. The first-order valence-electron chi connectivity index (χ1n) is 4.86. The fourth-order valence-electron chi connectivity index (χ4n) is 2.15. The van der Waals surface area contributed by atoms with Gasteiger partial charge in [0, 0.05) is 5.69 Å². The summed E-state index contributed by atoms with van der Waals surface area (Å²) in [6, 6.07) is 5.25. The van der Waals surface area contributed by atoms with E-state index in [-0.39, 0.29) is 0 Å². The second kappa shape index (κ2) is 3.29. The molecular formula is C11H15NO. The number of hydrogen-bond donors (Lipinski definition) is 2. The van der Waals surface area contributed by atoms with Crippen molar-refractivity contribution in [3.8, 4) is 5.75 Å². The monoisotopic (exact) mass is 177 g/mol. The third kappa shape index (κ3) is 1.62. The maximum atomic E-state index is 9.34. The summed E-state index contributed by atoms with van der Waals surface area (Å²) in [5, 5.41) is 9.34. The van der Waals surface area contributed by atoms with Crippen molar-refractivity contribution in [3.63, 3.8) is 0 Å². The van der Waals surface area contributed by atoms with Crippen molar-refractivity contribution in [2.45, 2.75) is 31.6 Å². The van der Waals surface area contributed by atoms with Crippen LogP contribution in [-0.2, 0) is 0 Å². The van der Waals surface area contributed by atoms with Crippen LogP contribution in [0.3, 0.4) is 0 Å². The van der Waals surface area contributed by atoms with E-state index >= 15 is 0 Å². The minimum absolute atomic E-state index is 0.330. The van der Waals surface area contributed by atoms with Crippen molar-refractivity contribution < 1.29 is 5.11 Å². The summed E-state index contributed by atoms with van der Waals surface area (Å²) in [4.78, 5) is 0. The summed E-state index contributed by atoms with van der Waals surface area (Å²) in [7, 11) is 0. The molecule has 0 radical (unpaired) electrons. The van der Waals surface area contributed by atoms with Gasteiger partial charge in [-0.15, -0.1) is 0 Å². The van der Waals surface area contributed by atoms with Gasteiger partial charge in [-0.2, -0.15) is 0 Å². The Labute approximate surface area is 78.4 Å². The topological polar surface area (TPSA) is 46.2 Å². The quantitative estimate of drug-likeness (QED) is 0.511. The number of rotatable bonds is 1. The molecule has 0 aromatic heterocycles. The Morgan fingerprint density at radius 1 is 1.23 bits per heavy atom. The van der Waals surface area contributed by atoms with Crippen LogP contribution in [0.15, 0.2) is 18.2 Å². The molecule has 1 saturated carbocycles. The average Bonchev–Trinajstić information content (AvgIpc) is 2.61. The van der Waals surface area contributed by atoms with Crippen LogP contribution < -0.4 is 5.73 Å². The van der Waals surface area contributed by atoms with Crippen molar-refractivity contribution in [3.05, 3.63) is 23.8 Å². The normalized spacial score (nSPS) is 17.8. The van der Waals surface area contributed by atoms with E-state index in [1.165, 1.54) is 25.7 Å². The lowest BCUT2D eigenvalue weighted by Gasteiger charge is -2.12. The van der Waals surface area contributed by atoms with Crippen LogP contribution in [0.5, 0.6) is 5.75 Å². The molecule has 13 heavy (non-hydrogen) atoms. The van der Waals surface area contributed by atoms with Crippen molar-refractivity contribution >= 4 is 5.69 Å². The van der Waals surface area contributed by atoms with Gasteiger partial charge in [-0.05, 0) is 42.5 Å². The molecule has 1 aromatic rings. The zero-order valence-electron chi connectivity index (χ0n) is 7.66. The van der Waals surface area contributed by atoms with Crippen LogP contribution in [0, 0.1) is 0 Å². The Balaban J connectivity index is 2.32. The predicted molar refractivity (Wildman–Crippen MR) is 53.7 cm³/mol. The highest BCUT2D eigenvalue weighted by Crippen LogP contribution is 2.37. The summed E-state index contributed by atoms with van der Waals surface area (Å²) < 4.78 is 0. The third-order valence-corrected chi connectivity index (χ3v) is 2.87. The first kappa shape index (κ1) is 8.42. The summed E-state index contributed by atoms with van der Waals surface area (Å²) in [6.45, 7) is 0. The van der Waals surface area contributed by atoms with E-state index < -0.39 is 0 Å². The number of phenolic OH excluding ortho intramolecular Hbond substituents is 1. The summed E-state index contributed by atoms with van der Waals surface area (Å²) in [6.07, 6.45) is 5.01. The van der Waals surface area contributed by atoms with Crippen LogP contribution in [0.2, 0.25) is 0 Å². The van der Waals surface area contributed by atoms with E-state index in [1.807, 2.05) is 6.07 Å². The van der Waals surface area contributed by atoms with Gasteiger partial charge in [0.2, 0.25) is 0 Å². The number of aromatic hydroxyl groups is 1. The predicted octanol–water partition coefficient (Wildman–Crippen LogP) is 2.63. The fraction of sp³-hybridized carbons (Fsp3) is 0.455. The van der Waals surface area contributed by atoms with Gasteiger partial charge >= 0.3 is 0 Å². The van der Waals surface area contributed by atoms with Crippen LogP contribution >= 0.6 is 0 Å². The second-order valence-corrected chi connectivity index (χ2v) is 3.79. The summed E-state index contributed by atoms with van der Waals surface area (Å²) >= 11 is 0. The molecule has 70 valence electrons. The highest BCUT2D eigenvalue weighted by atomic mass is 16.3. The number of nitrogen functional groups attached to an aromatic ring is 1. The maximum absolute atomic E-state index is 9.34. The highest BCUT2D eigenvalue weighted by Gasteiger charge is 2.19. The van der Waals surface area contributed by atoms with Gasteiger partial charge in [-0.3, -0.25) is 0 Å². The SMILES string of the molecule is Nc1ccc(O)cc1C1CCCC1. The maximum Gasteiger partial charge on any atom is 0.116 e. The lowest BCUT2D eigenvalue weighted by atomic mass is 9.96. The van der Waals surface area contributed by atoms with Crippen LogP contribution in [0.25, 0.3) is 0 Å². The van der Waals surface area contributed by atoms with Gasteiger partial charge in [0.25, 0.3) is 0 Å². The lowest BCUT2D eigenvalue weighted by Crippen LogP contribution is -1.98. The number of benzene rings is 1. The van der Waals surface area contributed by atoms with Gasteiger partial charge in [0.05, 0.1) is 0 Å². The van der Waals surface area contributed by atoms with Crippen molar-refractivity contribution in [1.82, 2.24) is 0 Å². The molecule has 0 spiro atoms. The lowest BCUT2D eigenvalue weighted by molar-refractivity contribution is 0.474. The molecule has 1 aliphatic carbocycles. The molecule has 3 N–H and O–H groups in total. The first-order valence-corrected chi connectivity index (χ1v) is 4.86. The fourth-order valence-corrected chi connectivity index (χ4v) is 2.15. The molecule has 0 bridgehead atoms. The van der Waals surface area contributed by atoms with Crippen LogP contribution in [0.4, 0.5) is 5.69 Å². The molecule has 0 atom stereocenters. The minimum Gasteiger partial charge on any atom is -0.508 e. The van der Waals surface area contributed by atoms with E-state index in [1.54, 1.807) is 12.1 Å². The molecule has 0 amide bonds. The van der Waals surface area contributed by atoms with E-state index in [4.69, 9.17) is 5.73 Å². The molecule has 0 saturated heterocycles. The van der Waals surface area contributed by atoms with Crippen molar-refractivity contribution in [1.29, 1.82) is 0 Å². The molecule has 1 aromatic carbocycles. The molecule has 0 aliphatic heterocycles. The first-order chi connectivity index (χ1) is 6.27. The molecule has 1 fully saturated rings. The van der Waals surface area contributed by atoms with Gasteiger partial charge in [0.1, 0.15) is 5.75 Å². The molecule has 2 rings (SSSR count). The Morgan fingerprint density at radius 2 is 1.92 bits per heavy atom. The number of nitrogens with two attached hydrogens (primary N) is 1. The van der Waals surface area contributed by atoms with E-state index in [2.05, 4.69) is 0 Å². The van der Waals surface area contributed by atoms with Crippen LogP contribution in [-0.4, -0.2) is 5.11 Å². The smallest absolute Gasteiger partial charge is 0.116 e. The van der Waals surface area contributed by atoms with Crippen molar-refractivity contribution in [2.24, 2.45) is 0 Å². The Bertz CT molecular complexity index is 303. The molecule has 2 heteroatoms. The summed E-state index contributed by atoms with van der Waals surface area (Å²) in [5.41, 5.74) is 7.82. The Hall–Kier alpha value is -1.18. The number of anilines is 1. The Morgan fingerprint density at radius 3 is 2.62 bits per heavy atom. The molecule has 2 nitrogen and oxygen atoms in total. The van der Waals surface area contributed by atoms with Gasteiger partial charge < -0.3 is 10.8 Å². The van der Waals surface area contributed by atoms with Crippen molar-refractivity contribution in [2.75, 3.05) is 5.73 Å². The van der Waals surface area contributed by atoms with E-state index in [0.29, 0.717) is 11.7 Å². The highest BCUT2D eigenvalue weighted by molar-refractivity contribution is 5.52. The van der Waals surface area contributed by atoms with Crippen LogP contribution in [0.1, 0.15) is 37.2 Å². The average molecular weight is 177 g/mol. The third-order valence-electron chi connectivity index (χ3n) is 2.87. The van der Waals surface area contributed by atoms with E-state index in [9.17, 15) is 5.11 Å². The van der Waals surface area contributed by atoms with Gasteiger partial charge in [0.15, 0.2) is 0 Å². The largest absolute Gasteiger partial charge is 0.508 e. The molecular weight excluding hydrogens is 162 g/mol. The minimum atomic E-state index is 0.330. The zero-order valence-corrected chi connectivity index (χ0v) is 7.66. The number of hydrogen-bond acceptors (Lipinski definition) is 2. The Kier molecular flexibility index (Phi) is 2.13. The summed E-state index contributed by atoms with van der Waals surface area (Å²) in [5.74, 6) is 0.906. The molecule has 0 heterocycles. The molecule has 0 unspecified atom stereocenters. The van der Waals surface area contributed by atoms with Gasteiger partial charge in [-0.25, -0.2) is 0 Å².